The van der Waals surface area contributed by atoms with Crippen LogP contribution in [0, 0.1) is 0 Å². The number of pyridine rings is 1. The van der Waals surface area contributed by atoms with Crippen LogP contribution in [0.4, 0.5) is 11.4 Å². The smallest absolute Gasteiger partial charge is 0.248 e. The van der Waals surface area contributed by atoms with Crippen LogP contribution in [0.3, 0.4) is 0 Å². The molecule has 1 saturated heterocycles. The Morgan fingerprint density at radius 2 is 2.03 bits per heavy atom. The Hall–Kier alpha value is -3.16. The van der Waals surface area contributed by atoms with E-state index in [-0.39, 0.29) is 18.6 Å². The molecule has 0 radical (unpaired) electrons. The van der Waals surface area contributed by atoms with Gasteiger partial charge in [0.25, 0.3) is 0 Å². The van der Waals surface area contributed by atoms with Gasteiger partial charge in [-0.05, 0) is 48.7 Å². The quantitative estimate of drug-likeness (QED) is 0.574. The first-order valence-electron chi connectivity index (χ1n) is 10.1. The normalized spacial score (nSPS) is 16.2. The minimum absolute atomic E-state index is 0.195. The summed E-state index contributed by atoms with van der Waals surface area (Å²) in [7, 11) is 1.64. The van der Waals surface area contributed by atoms with Gasteiger partial charge in [-0.15, -0.1) is 0 Å². The Kier molecular flexibility index (Phi) is 6.41. The van der Waals surface area contributed by atoms with E-state index >= 15 is 0 Å². The van der Waals surface area contributed by atoms with E-state index in [0.29, 0.717) is 6.61 Å². The minimum atomic E-state index is -0.343. The molecule has 156 valence electrons. The molecule has 0 saturated carbocycles. The molecule has 0 spiro atoms. The van der Waals surface area contributed by atoms with Gasteiger partial charge in [-0.1, -0.05) is 12.1 Å². The van der Waals surface area contributed by atoms with Gasteiger partial charge in [0.2, 0.25) is 5.91 Å². The van der Waals surface area contributed by atoms with Crippen LogP contribution < -0.4 is 15.5 Å². The van der Waals surface area contributed by atoms with Crippen molar-refractivity contribution in [2.75, 3.05) is 19.0 Å². The van der Waals surface area contributed by atoms with Crippen molar-refractivity contribution < 1.29 is 19.1 Å². The van der Waals surface area contributed by atoms with E-state index in [1.807, 2.05) is 48.5 Å². The van der Waals surface area contributed by atoms with Crippen molar-refractivity contribution in [2.45, 2.75) is 32.0 Å². The first-order valence-corrected chi connectivity index (χ1v) is 10.1. The summed E-state index contributed by atoms with van der Waals surface area (Å²) in [5.74, 6) is 0.577. The second kappa shape index (κ2) is 9.56. The molecule has 7 heteroatoms. The number of anilines is 2. The zero-order valence-corrected chi connectivity index (χ0v) is 16.9. The SMILES string of the molecule is COc1ccc2c(Nc3ccc(CC(=O)NOC4CCCCO4)cc3)ccnc2c1. The van der Waals surface area contributed by atoms with Crippen LogP contribution in [0.1, 0.15) is 24.8 Å². The van der Waals surface area contributed by atoms with Crippen LogP contribution in [0.15, 0.2) is 54.7 Å². The molecule has 2 heterocycles. The standard InChI is InChI=1S/C23H25N3O4/c1-28-18-9-10-19-20(11-12-24-21(19)15-18)25-17-7-5-16(6-8-17)14-22(27)26-30-23-4-2-3-13-29-23/h5-12,15,23H,2-4,13-14H2,1H3,(H,24,25)(H,26,27). The fourth-order valence-electron chi connectivity index (χ4n) is 3.38. The summed E-state index contributed by atoms with van der Waals surface area (Å²) in [6, 6.07) is 15.5. The highest BCUT2D eigenvalue weighted by molar-refractivity contribution is 5.93. The van der Waals surface area contributed by atoms with Gasteiger partial charge in [-0.2, -0.15) is 0 Å². The van der Waals surface area contributed by atoms with Gasteiger partial charge in [0, 0.05) is 42.1 Å². The monoisotopic (exact) mass is 407 g/mol. The molecule has 1 fully saturated rings. The van der Waals surface area contributed by atoms with Crippen LogP contribution in [0.25, 0.3) is 10.9 Å². The number of carbonyl (C=O) groups excluding carboxylic acids is 1. The number of benzene rings is 2. The highest BCUT2D eigenvalue weighted by Gasteiger charge is 2.15. The first kappa shape index (κ1) is 20.1. The number of carbonyl (C=O) groups is 1. The van der Waals surface area contributed by atoms with Crippen molar-refractivity contribution in [3.8, 4) is 5.75 Å². The molecule has 1 unspecified atom stereocenters. The highest BCUT2D eigenvalue weighted by atomic mass is 16.8. The number of aromatic nitrogens is 1. The second-order valence-electron chi connectivity index (χ2n) is 7.18. The average molecular weight is 407 g/mol. The molecule has 1 aliphatic heterocycles. The number of methoxy groups -OCH3 is 1. The highest BCUT2D eigenvalue weighted by Crippen LogP contribution is 2.28. The molecule has 0 bridgehead atoms. The van der Waals surface area contributed by atoms with Crippen LogP contribution in [-0.4, -0.2) is 30.9 Å². The molecule has 2 N–H and O–H groups in total. The van der Waals surface area contributed by atoms with Crippen molar-refractivity contribution in [1.82, 2.24) is 10.5 Å². The fraction of sp³-hybridized carbons (Fsp3) is 0.304. The van der Waals surface area contributed by atoms with E-state index in [1.54, 1.807) is 13.3 Å². The van der Waals surface area contributed by atoms with Crippen LogP contribution in [-0.2, 0) is 20.8 Å². The zero-order valence-electron chi connectivity index (χ0n) is 16.9. The van der Waals surface area contributed by atoms with E-state index in [0.717, 1.165) is 52.9 Å². The van der Waals surface area contributed by atoms with E-state index in [9.17, 15) is 4.79 Å². The number of nitrogens with zero attached hydrogens (tertiary/aromatic N) is 1. The zero-order chi connectivity index (χ0) is 20.8. The second-order valence-corrected chi connectivity index (χ2v) is 7.18. The predicted octanol–water partition coefficient (Wildman–Crippen LogP) is 4.10. The van der Waals surface area contributed by atoms with Crippen molar-refractivity contribution in [2.24, 2.45) is 0 Å². The van der Waals surface area contributed by atoms with Crippen molar-refractivity contribution in [3.63, 3.8) is 0 Å². The summed E-state index contributed by atoms with van der Waals surface area (Å²) in [4.78, 5) is 21.8. The Bertz CT molecular complexity index is 1000. The van der Waals surface area contributed by atoms with Gasteiger partial charge in [0.05, 0.1) is 19.0 Å². The topological polar surface area (TPSA) is 81.7 Å². The van der Waals surface area contributed by atoms with Crippen molar-refractivity contribution in [1.29, 1.82) is 0 Å². The van der Waals surface area contributed by atoms with Gasteiger partial charge in [0.1, 0.15) is 5.75 Å². The average Bonchev–Trinajstić information content (AvgIpc) is 2.79. The number of amides is 1. The van der Waals surface area contributed by atoms with Crippen molar-refractivity contribution >= 4 is 28.2 Å². The fourth-order valence-corrected chi connectivity index (χ4v) is 3.38. The summed E-state index contributed by atoms with van der Waals surface area (Å²) >= 11 is 0. The number of fused-ring (bicyclic) bond motifs is 1. The Balaban J connectivity index is 1.35. The molecule has 3 aromatic rings. The first-order chi connectivity index (χ1) is 14.7. The third-order valence-corrected chi connectivity index (χ3v) is 4.99. The Labute approximate surface area is 175 Å². The molecule has 0 aliphatic carbocycles. The lowest BCUT2D eigenvalue weighted by molar-refractivity contribution is -0.200. The van der Waals surface area contributed by atoms with Gasteiger partial charge in [-0.25, -0.2) is 10.3 Å². The van der Waals surface area contributed by atoms with Gasteiger partial charge in [-0.3, -0.25) is 9.78 Å². The number of hydroxylamine groups is 1. The predicted molar refractivity (Wildman–Crippen MR) is 115 cm³/mol. The Morgan fingerprint density at radius 1 is 1.17 bits per heavy atom. The lowest BCUT2D eigenvalue weighted by Gasteiger charge is -2.22. The summed E-state index contributed by atoms with van der Waals surface area (Å²) < 4.78 is 10.7. The molecule has 1 aromatic heterocycles. The molecular weight excluding hydrogens is 382 g/mol. The molecule has 30 heavy (non-hydrogen) atoms. The molecule has 2 aromatic carbocycles. The van der Waals surface area contributed by atoms with E-state index in [1.165, 1.54) is 0 Å². The summed E-state index contributed by atoms with van der Waals surface area (Å²) in [6.07, 6.45) is 4.55. The number of nitrogens with one attached hydrogen (secondary N) is 2. The molecular formula is C23H25N3O4. The Morgan fingerprint density at radius 3 is 2.80 bits per heavy atom. The molecule has 4 rings (SSSR count). The third kappa shape index (κ3) is 5.06. The van der Waals surface area contributed by atoms with Crippen molar-refractivity contribution in [3.05, 3.63) is 60.3 Å². The summed E-state index contributed by atoms with van der Waals surface area (Å²) in [6.45, 7) is 0.676. The number of hydrogen-bond donors (Lipinski definition) is 2. The molecule has 1 aliphatic rings. The lowest BCUT2D eigenvalue weighted by atomic mass is 10.1. The largest absolute Gasteiger partial charge is 0.497 e. The maximum absolute atomic E-state index is 12.1. The third-order valence-electron chi connectivity index (χ3n) is 4.99. The number of ether oxygens (including phenoxy) is 2. The minimum Gasteiger partial charge on any atom is -0.497 e. The summed E-state index contributed by atoms with van der Waals surface area (Å²) in [5, 5.41) is 4.41. The maximum atomic E-state index is 12.1. The maximum Gasteiger partial charge on any atom is 0.248 e. The lowest BCUT2D eigenvalue weighted by Crippen LogP contribution is -2.33. The van der Waals surface area contributed by atoms with Gasteiger partial charge >= 0.3 is 0 Å². The van der Waals surface area contributed by atoms with E-state index in [4.69, 9.17) is 14.3 Å². The molecule has 1 atom stereocenters. The number of hydrogen-bond acceptors (Lipinski definition) is 6. The van der Waals surface area contributed by atoms with Crippen LogP contribution >= 0.6 is 0 Å². The van der Waals surface area contributed by atoms with Crippen LogP contribution in [0.2, 0.25) is 0 Å². The summed E-state index contributed by atoms with van der Waals surface area (Å²) in [5.41, 5.74) is 6.12. The molecule has 1 amide bonds. The van der Waals surface area contributed by atoms with E-state index in [2.05, 4.69) is 15.8 Å². The molecule has 7 nitrogen and oxygen atoms in total. The van der Waals surface area contributed by atoms with Crippen LogP contribution in [0.5, 0.6) is 5.75 Å². The van der Waals surface area contributed by atoms with Gasteiger partial charge < -0.3 is 14.8 Å². The number of rotatable bonds is 7. The van der Waals surface area contributed by atoms with Gasteiger partial charge in [0.15, 0.2) is 6.29 Å². The van der Waals surface area contributed by atoms with E-state index < -0.39 is 0 Å².